The van der Waals surface area contributed by atoms with Crippen molar-refractivity contribution < 1.29 is 4.79 Å². The number of aryl methyl sites for hydroxylation is 2. The second-order valence-electron chi connectivity index (χ2n) is 5.33. The van der Waals surface area contributed by atoms with Gasteiger partial charge in [-0.1, -0.05) is 18.2 Å². The molecule has 1 aromatic carbocycles. The van der Waals surface area contributed by atoms with Gasteiger partial charge in [0.1, 0.15) is 0 Å². The van der Waals surface area contributed by atoms with Crippen LogP contribution in [0.4, 0.5) is 0 Å². The molecule has 0 aliphatic heterocycles. The first kappa shape index (κ1) is 14.9. The monoisotopic (exact) mass is 287 g/mol. The lowest BCUT2D eigenvalue weighted by Gasteiger charge is -2.23. The normalized spacial score (nSPS) is 12.7. The fourth-order valence-corrected chi connectivity index (χ4v) is 2.96. The molecule has 0 fully saturated rings. The van der Waals surface area contributed by atoms with Crippen LogP contribution >= 0.6 is 11.3 Å². The van der Waals surface area contributed by atoms with E-state index in [0.717, 1.165) is 5.56 Å². The Morgan fingerprint density at radius 2 is 2.00 bits per heavy atom. The minimum atomic E-state index is 0.180. The molecule has 1 atom stereocenters. The van der Waals surface area contributed by atoms with E-state index in [4.69, 9.17) is 0 Å². The molecule has 2 rings (SSSR count). The Labute approximate surface area is 125 Å². The number of hydrogen-bond donors (Lipinski definition) is 0. The highest BCUT2D eigenvalue weighted by Gasteiger charge is 2.16. The summed E-state index contributed by atoms with van der Waals surface area (Å²) in [5.41, 5.74) is 3.20. The lowest BCUT2D eigenvalue weighted by Crippen LogP contribution is -2.28. The van der Waals surface area contributed by atoms with Gasteiger partial charge in [0.05, 0.1) is 6.54 Å². The molecule has 2 nitrogen and oxygen atoms in total. The smallest absolute Gasteiger partial charge is 0.176 e. The van der Waals surface area contributed by atoms with Crippen LogP contribution in [0.15, 0.2) is 35.7 Å². The van der Waals surface area contributed by atoms with E-state index in [1.165, 1.54) is 16.0 Å². The Balaban J connectivity index is 2.05. The standard InChI is InChI=1S/C17H21NOS/c1-12-7-8-15(10-13(12)2)16(19)11-18(4)14(3)17-6-5-9-20-17/h5-10,14H,11H2,1-4H3. The topological polar surface area (TPSA) is 20.3 Å². The summed E-state index contributed by atoms with van der Waals surface area (Å²) in [7, 11) is 2.00. The van der Waals surface area contributed by atoms with Crippen molar-refractivity contribution >= 4 is 17.1 Å². The fraction of sp³-hybridized carbons (Fsp3) is 0.353. The van der Waals surface area contributed by atoms with Crippen molar-refractivity contribution in [2.24, 2.45) is 0 Å². The summed E-state index contributed by atoms with van der Waals surface area (Å²) in [5, 5.41) is 2.07. The zero-order valence-corrected chi connectivity index (χ0v) is 13.3. The van der Waals surface area contributed by atoms with Crippen LogP contribution in [0.1, 0.15) is 39.3 Å². The summed E-state index contributed by atoms with van der Waals surface area (Å²) in [6.07, 6.45) is 0. The summed E-state index contributed by atoms with van der Waals surface area (Å²) in [4.78, 5) is 15.7. The molecule has 0 spiro atoms. The number of hydrogen-bond acceptors (Lipinski definition) is 3. The van der Waals surface area contributed by atoms with Gasteiger partial charge < -0.3 is 0 Å². The first-order valence-corrected chi connectivity index (χ1v) is 7.71. The number of carbonyl (C=O) groups is 1. The molecular formula is C17H21NOS. The number of likely N-dealkylation sites (N-methyl/N-ethyl adjacent to an activating group) is 1. The molecule has 0 radical (unpaired) electrons. The van der Waals surface area contributed by atoms with E-state index in [-0.39, 0.29) is 11.8 Å². The molecule has 20 heavy (non-hydrogen) atoms. The number of ketones is 1. The highest BCUT2D eigenvalue weighted by Crippen LogP contribution is 2.23. The van der Waals surface area contributed by atoms with Crippen LogP contribution < -0.4 is 0 Å². The van der Waals surface area contributed by atoms with Crippen LogP contribution in [0.25, 0.3) is 0 Å². The SMILES string of the molecule is Cc1ccc(C(=O)CN(C)C(C)c2cccs2)cc1C. The molecular weight excluding hydrogens is 266 g/mol. The second-order valence-corrected chi connectivity index (χ2v) is 6.31. The Morgan fingerprint density at radius 1 is 1.25 bits per heavy atom. The van der Waals surface area contributed by atoms with Crippen LogP contribution in [0, 0.1) is 13.8 Å². The Morgan fingerprint density at radius 3 is 2.60 bits per heavy atom. The predicted molar refractivity (Wildman–Crippen MR) is 85.6 cm³/mol. The third-order valence-electron chi connectivity index (χ3n) is 3.84. The molecule has 3 heteroatoms. The van der Waals surface area contributed by atoms with E-state index in [1.807, 2.05) is 32.2 Å². The van der Waals surface area contributed by atoms with Crippen molar-refractivity contribution in [1.82, 2.24) is 4.90 Å². The molecule has 0 bridgehead atoms. The highest BCUT2D eigenvalue weighted by molar-refractivity contribution is 7.10. The van der Waals surface area contributed by atoms with Crippen molar-refractivity contribution in [3.63, 3.8) is 0 Å². The Hall–Kier alpha value is -1.45. The maximum atomic E-state index is 12.4. The first-order chi connectivity index (χ1) is 9.49. The number of benzene rings is 1. The van der Waals surface area contributed by atoms with Gasteiger partial charge >= 0.3 is 0 Å². The molecule has 2 aromatic rings. The van der Waals surface area contributed by atoms with Crippen LogP contribution in [0.3, 0.4) is 0 Å². The van der Waals surface area contributed by atoms with Crippen molar-refractivity contribution in [3.8, 4) is 0 Å². The average Bonchev–Trinajstić information content (AvgIpc) is 2.94. The number of Topliss-reactive ketones (excluding diaryl/α,β-unsaturated/α-hetero) is 1. The highest BCUT2D eigenvalue weighted by atomic mass is 32.1. The van der Waals surface area contributed by atoms with Gasteiger partial charge in [-0.3, -0.25) is 9.69 Å². The average molecular weight is 287 g/mol. The van der Waals surface area contributed by atoms with Crippen molar-refractivity contribution in [2.75, 3.05) is 13.6 Å². The van der Waals surface area contributed by atoms with E-state index in [9.17, 15) is 4.79 Å². The van der Waals surface area contributed by atoms with Gasteiger partial charge in [-0.25, -0.2) is 0 Å². The first-order valence-electron chi connectivity index (χ1n) is 6.83. The lowest BCUT2D eigenvalue weighted by molar-refractivity contribution is 0.0925. The van der Waals surface area contributed by atoms with Gasteiger partial charge in [-0.15, -0.1) is 11.3 Å². The van der Waals surface area contributed by atoms with E-state index in [2.05, 4.69) is 36.3 Å². The summed E-state index contributed by atoms with van der Waals surface area (Å²) in [6, 6.07) is 10.4. The van der Waals surface area contributed by atoms with Crippen LogP contribution in [0.2, 0.25) is 0 Å². The maximum Gasteiger partial charge on any atom is 0.176 e. The quantitative estimate of drug-likeness (QED) is 0.767. The maximum absolute atomic E-state index is 12.4. The Kier molecular flexibility index (Phi) is 4.73. The van der Waals surface area contributed by atoms with Gasteiger partial charge in [0.25, 0.3) is 0 Å². The predicted octanol–water partition coefficient (Wildman–Crippen LogP) is 4.24. The second kappa shape index (κ2) is 6.33. The molecule has 106 valence electrons. The fourth-order valence-electron chi connectivity index (χ4n) is 2.12. The van der Waals surface area contributed by atoms with Crippen LogP contribution in [-0.4, -0.2) is 24.3 Å². The summed E-state index contributed by atoms with van der Waals surface area (Å²) in [5.74, 6) is 0.180. The molecule has 1 unspecified atom stereocenters. The van der Waals surface area contributed by atoms with Gasteiger partial charge in [0.2, 0.25) is 0 Å². The van der Waals surface area contributed by atoms with Crippen LogP contribution in [-0.2, 0) is 0 Å². The Bertz CT molecular complexity index is 589. The molecule has 0 aliphatic carbocycles. The van der Waals surface area contributed by atoms with E-state index < -0.39 is 0 Å². The zero-order chi connectivity index (χ0) is 14.7. The molecule has 1 heterocycles. The molecule has 0 N–H and O–H groups in total. The number of nitrogens with zero attached hydrogens (tertiary/aromatic N) is 1. The number of carbonyl (C=O) groups excluding carboxylic acids is 1. The van der Waals surface area contributed by atoms with Crippen molar-refractivity contribution in [3.05, 3.63) is 57.3 Å². The number of rotatable bonds is 5. The van der Waals surface area contributed by atoms with Crippen molar-refractivity contribution in [1.29, 1.82) is 0 Å². The third kappa shape index (κ3) is 3.35. The zero-order valence-electron chi connectivity index (χ0n) is 12.5. The molecule has 0 aliphatic rings. The molecule has 0 amide bonds. The van der Waals surface area contributed by atoms with E-state index >= 15 is 0 Å². The van der Waals surface area contributed by atoms with E-state index in [1.54, 1.807) is 11.3 Å². The summed E-state index contributed by atoms with van der Waals surface area (Å²) >= 11 is 1.73. The van der Waals surface area contributed by atoms with Gasteiger partial charge in [-0.2, -0.15) is 0 Å². The lowest BCUT2D eigenvalue weighted by atomic mass is 10.0. The van der Waals surface area contributed by atoms with Crippen molar-refractivity contribution in [2.45, 2.75) is 26.8 Å². The number of thiophene rings is 1. The van der Waals surface area contributed by atoms with Gasteiger partial charge in [0.15, 0.2) is 5.78 Å². The van der Waals surface area contributed by atoms with Crippen LogP contribution in [0.5, 0.6) is 0 Å². The summed E-state index contributed by atoms with van der Waals surface area (Å²) < 4.78 is 0. The van der Waals surface area contributed by atoms with Gasteiger partial charge in [0, 0.05) is 16.5 Å². The molecule has 0 saturated heterocycles. The van der Waals surface area contributed by atoms with Gasteiger partial charge in [-0.05, 0) is 56.5 Å². The molecule has 1 aromatic heterocycles. The van der Waals surface area contributed by atoms with E-state index in [0.29, 0.717) is 6.54 Å². The minimum Gasteiger partial charge on any atom is -0.293 e. The minimum absolute atomic E-state index is 0.180. The molecule has 0 saturated carbocycles. The third-order valence-corrected chi connectivity index (χ3v) is 4.88. The summed E-state index contributed by atoms with van der Waals surface area (Å²) in [6.45, 7) is 6.69. The largest absolute Gasteiger partial charge is 0.293 e.